The maximum Gasteiger partial charge on any atom is 0.274 e. The Morgan fingerprint density at radius 1 is 1.13 bits per heavy atom. The summed E-state index contributed by atoms with van der Waals surface area (Å²) < 4.78 is 7.58. The van der Waals surface area contributed by atoms with Crippen molar-refractivity contribution in [3.63, 3.8) is 0 Å². The molecule has 4 rings (SSSR count). The summed E-state index contributed by atoms with van der Waals surface area (Å²) in [5, 5.41) is 15.1. The lowest BCUT2D eigenvalue weighted by Crippen LogP contribution is -2.42. The summed E-state index contributed by atoms with van der Waals surface area (Å²) in [4.78, 5) is 25.1. The van der Waals surface area contributed by atoms with Gasteiger partial charge in [0.05, 0.1) is 6.04 Å². The van der Waals surface area contributed by atoms with E-state index >= 15 is 0 Å². The predicted octanol–water partition coefficient (Wildman–Crippen LogP) is 2.94. The van der Waals surface area contributed by atoms with Gasteiger partial charge >= 0.3 is 0 Å². The van der Waals surface area contributed by atoms with Gasteiger partial charge in [-0.1, -0.05) is 42.5 Å². The van der Waals surface area contributed by atoms with Crippen LogP contribution in [-0.2, 0) is 6.61 Å². The van der Waals surface area contributed by atoms with Crippen molar-refractivity contribution in [2.24, 2.45) is 0 Å². The number of hydrogen-bond acceptors (Lipinski definition) is 5. The molecule has 31 heavy (non-hydrogen) atoms. The number of hydrogen-bond donors (Lipinski definition) is 2. The maximum absolute atomic E-state index is 12.9. The summed E-state index contributed by atoms with van der Waals surface area (Å²) in [6.07, 6.45) is 1.51. The predicted molar refractivity (Wildman–Crippen MR) is 118 cm³/mol. The lowest BCUT2D eigenvalue weighted by atomic mass is 9.94. The molecule has 0 spiro atoms. The lowest BCUT2D eigenvalue weighted by Gasteiger charge is -2.34. The molecule has 3 aromatic rings. The quantitative estimate of drug-likeness (QED) is 0.679. The van der Waals surface area contributed by atoms with E-state index in [4.69, 9.17) is 4.74 Å². The number of carbonyl (C=O) groups is 1. The monoisotopic (exact) mass is 419 g/mol. The van der Waals surface area contributed by atoms with Crippen molar-refractivity contribution in [3.8, 4) is 11.5 Å². The van der Waals surface area contributed by atoms with E-state index in [1.807, 2.05) is 74.4 Å². The van der Waals surface area contributed by atoms with Crippen molar-refractivity contribution in [3.05, 3.63) is 93.4 Å². The summed E-state index contributed by atoms with van der Waals surface area (Å²) in [7, 11) is 1.82. The highest BCUT2D eigenvalue weighted by Gasteiger charge is 2.30. The molecular weight excluding hydrogens is 394 g/mol. The normalized spacial score (nSPS) is 14.8. The minimum absolute atomic E-state index is 0.108. The van der Waals surface area contributed by atoms with E-state index in [1.54, 1.807) is 0 Å². The standard InChI is InChI=1S/C24H25N3O4/c1-15(2)25-24(30)22-23(29)19(28)12-13-27(22)26(3)21-17-9-5-4-8-16(17)14-31-20-11-7-6-10-18(20)21/h4-13,15,21,29H,14H2,1-3H3,(H,25,30). The smallest absolute Gasteiger partial charge is 0.274 e. The second-order valence-electron chi connectivity index (χ2n) is 7.85. The molecule has 1 unspecified atom stereocenters. The third-order valence-electron chi connectivity index (χ3n) is 5.35. The second-order valence-corrected chi connectivity index (χ2v) is 7.85. The third-order valence-corrected chi connectivity index (χ3v) is 5.35. The van der Waals surface area contributed by atoms with Crippen LogP contribution in [0.3, 0.4) is 0 Å². The number of aromatic hydroxyl groups is 1. The average molecular weight is 419 g/mol. The first-order valence-corrected chi connectivity index (χ1v) is 10.2. The van der Waals surface area contributed by atoms with E-state index in [0.717, 1.165) is 22.4 Å². The van der Waals surface area contributed by atoms with E-state index in [1.165, 1.54) is 16.9 Å². The van der Waals surface area contributed by atoms with Crippen molar-refractivity contribution in [2.75, 3.05) is 12.1 Å². The van der Waals surface area contributed by atoms with Gasteiger partial charge in [0, 0.05) is 30.9 Å². The molecule has 0 fully saturated rings. The van der Waals surface area contributed by atoms with E-state index in [-0.39, 0.29) is 17.8 Å². The molecule has 2 N–H and O–H groups in total. The minimum Gasteiger partial charge on any atom is -0.502 e. The number of fused-ring (bicyclic) bond motifs is 2. The topological polar surface area (TPSA) is 83.8 Å². The van der Waals surface area contributed by atoms with Gasteiger partial charge in [0.2, 0.25) is 5.43 Å². The molecule has 7 heteroatoms. The Morgan fingerprint density at radius 3 is 2.55 bits per heavy atom. The molecule has 1 aromatic heterocycles. The summed E-state index contributed by atoms with van der Waals surface area (Å²) in [5.74, 6) is -0.364. The van der Waals surface area contributed by atoms with Crippen molar-refractivity contribution in [2.45, 2.75) is 32.5 Å². The van der Waals surface area contributed by atoms with Gasteiger partial charge in [-0.2, -0.15) is 0 Å². The van der Waals surface area contributed by atoms with Crippen LogP contribution in [0.4, 0.5) is 0 Å². The van der Waals surface area contributed by atoms with Crippen LogP contribution in [0.1, 0.15) is 47.1 Å². The van der Waals surface area contributed by atoms with Crippen molar-refractivity contribution >= 4 is 5.91 Å². The highest BCUT2D eigenvalue weighted by molar-refractivity contribution is 5.95. The lowest BCUT2D eigenvalue weighted by molar-refractivity contribution is 0.0928. The first kappa shape index (κ1) is 20.5. The first-order chi connectivity index (χ1) is 14.9. The molecule has 160 valence electrons. The molecule has 1 atom stereocenters. The Morgan fingerprint density at radius 2 is 1.81 bits per heavy atom. The zero-order chi connectivity index (χ0) is 22.1. The highest BCUT2D eigenvalue weighted by atomic mass is 16.5. The molecular formula is C24H25N3O4. The summed E-state index contributed by atoms with van der Waals surface area (Å²) in [6, 6.07) is 16.5. The zero-order valence-electron chi connectivity index (χ0n) is 17.7. The van der Waals surface area contributed by atoms with Gasteiger partial charge in [0.1, 0.15) is 12.4 Å². The Labute approximate surface area is 180 Å². The molecule has 1 amide bonds. The summed E-state index contributed by atoms with van der Waals surface area (Å²) >= 11 is 0. The van der Waals surface area contributed by atoms with Gasteiger partial charge in [0.15, 0.2) is 11.4 Å². The number of pyridine rings is 1. The molecule has 0 radical (unpaired) electrons. The van der Waals surface area contributed by atoms with Crippen LogP contribution < -0.4 is 20.5 Å². The number of nitrogens with one attached hydrogen (secondary N) is 1. The number of ether oxygens (including phenoxy) is 1. The van der Waals surface area contributed by atoms with Gasteiger partial charge in [-0.3, -0.25) is 14.3 Å². The van der Waals surface area contributed by atoms with Crippen LogP contribution in [0.5, 0.6) is 11.5 Å². The van der Waals surface area contributed by atoms with Gasteiger partial charge in [0.25, 0.3) is 5.91 Å². The summed E-state index contributed by atoms with van der Waals surface area (Å²) in [6.45, 7) is 4.06. The fourth-order valence-corrected chi connectivity index (χ4v) is 3.94. The van der Waals surface area contributed by atoms with E-state index in [0.29, 0.717) is 6.61 Å². The third kappa shape index (κ3) is 3.74. The Balaban J connectivity index is 1.91. The van der Waals surface area contributed by atoms with Crippen LogP contribution in [0, 0.1) is 0 Å². The number of benzene rings is 2. The number of amides is 1. The Bertz CT molecular complexity index is 1140. The highest BCUT2D eigenvalue weighted by Crippen LogP contribution is 2.38. The average Bonchev–Trinajstić information content (AvgIpc) is 2.91. The summed E-state index contributed by atoms with van der Waals surface area (Å²) in [5.41, 5.74) is 2.24. The zero-order valence-corrected chi connectivity index (χ0v) is 17.7. The van der Waals surface area contributed by atoms with Crippen molar-refractivity contribution in [1.82, 2.24) is 9.99 Å². The molecule has 0 saturated carbocycles. The van der Waals surface area contributed by atoms with E-state index < -0.39 is 17.1 Å². The molecule has 1 aliphatic rings. The number of nitrogens with zero attached hydrogens (tertiary/aromatic N) is 2. The van der Waals surface area contributed by atoms with Gasteiger partial charge in [-0.25, -0.2) is 0 Å². The maximum atomic E-state index is 12.9. The van der Waals surface area contributed by atoms with E-state index in [2.05, 4.69) is 5.32 Å². The van der Waals surface area contributed by atoms with Crippen LogP contribution in [0.15, 0.2) is 65.6 Å². The fourth-order valence-electron chi connectivity index (χ4n) is 3.94. The first-order valence-electron chi connectivity index (χ1n) is 10.2. The van der Waals surface area contributed by atoms with Gasteiger partial charge in [-0.05, 0) is 31.0 Å². The van der Waals surface area contributed by atoms with Crippen LogP contribution in [0.25, 0.3) is 0 Å². The molecule has 0 aliphatic carbocycles. The molecule has 1 aliphatic heterocycles. The van der Waals surface area contributed by atoms with Gasteiger partial charge < -0.3 is 20.2 Å². The number of para-hydroxylation sites is 1. The fraction of sp³-hybridized carbons (Fsp3) is 0.250. The number of rotatable bonds is 4. The van der Waals surface area contributed by atoms with Crippen molar-refractivity contribution < 1.29 is 14.6 Å². The second kappa shape index (κ2) is 8.18. The molecule has 0 saturated heterocycles. The molecule has 2 heterocycles. The Kier molecular flexibility index (Phi) is 5.42. The largest absolute Gasteiger partial charge is 0.502 e. The van der Waals surface area contributed by atoms with Crippen LogP contribution in [-0.4, -0.2) is 28.8 Å². The van der Waals surface area contributed by atoms with Gasteiger partial charge in [-0.15, -0.1) is 0 Å². The number of aromatic nitrogens is 1. The van der Waals surface area contributed by atoms with Crippen LogP contribution in [0.2, 0.25) is 0 Å². The molecule has 2 aromatic carbocycles. The van der Waals surface area contributed by atoms with Crippen LogP contribution >= 0.6 is 0 Å². The minimum atomic E-state index is -0.608. The van der Waals surface area contributed by atoms with E-state index in [9.17, 15) is 14.7 Å². The molecule has 0 bridgehead atoms. The Hall–Kier alpha value is -3.74. The molecule has 7 nitrogen and oxygen atoms in total. The van der Waals surface area contributed by atoms with Crippen molar-refractivity contribution in [1.29, 1.82) is 0 Å². The number of carbonyl (C=O) groups excluding carboxylic acids is 1. The SMILES string of the molecule is CC(C)NC(=O)c1c(O)c(=O)ccn1N(C)C1c2ccccc2COc2ccccc21.